The van der Waals surface area contributed by atoms with Crippen molar-refractivity contribution >= 4 is 29.3 Å². The van der Waals surface area contributed by atoms with Gasteiger partial charge in [-0.05, 0) is 77.9 Å². The highest BCUT2D eigenvalue weighted by molar-refractivity contribution is 7.99. The number of halogens is 2. The van der Waals surface area contributed by atoms with Crippen molar-refractivity contribution < 1.29 is 13.6 Å². The number of hydrogen-bond donors (Lipinski definition) is 0. The average molecular weight is 511 g/mol. The minimum Gasteiger partial charge on any atom is -0.289 e. The second kappa shape index (κ2) is 10.9. The van der Waals surface area contributed by atoms with Crippen molar-refractivity contribution in [2.75, 3.05) is 0 Å². The molecule has 5 rings (SSSR count). The molecule has 0 saturated heterocycles. The van der Waals surface area contributed by atoms with Crippen LogP contribution in [0.1, 0.15) is 15.9 Å². The average Bonchev–Trinajstić information content (AvgIpc) is 2.92. The first-order valence-corrected chi connectivity index (χ1v) is 12.9. The molecule has 0 bridgehead atoms. The summed E-state index contributed by atoms with van der Waals surface area (Å²) in [5, 5.41) is 0. The van der Waals surface area contributed by atoms with Crippen molar-refractivity contribution in [2.45, 2.75) is 19.6 Å². The van der Waals surface area contributed by atoms with E-state index in [1.807, 2.05) is 78.9 Å². The standard InChI is InChI=1S/C31H20F2OS2/c32-24-11-16-27(17-12-24)36-30-18-13-25(33)20-29(30)21-9-14-26(15-10-21)35-28-8-4-7-23(19-28)31(34)22-5-2-1-3-6-22/h1-20H. The zero-order chi connectivity index (χ0) is 24.9. The number of carbonyl (C=O) groups excluding carboxylic acids is 1. The zero-order valence-corrected chi connectivity index (χ0v) is 20.7. The van der Waals surface area contributed by atoms with Gasteiger partial charge in [0.1, 0.15) is 11.6 Å². The van der Waals surface area contributed by atoms with Crippen LogP contribution >= 0.6 is 23.5 Å². The summed E-state index contributed by atoms with van der Waals surface area (Å²) in [6.45, 7) is 0. The highest BCUT2D eigenvalue weighted by Gasteiger charge is 2.11. The van der Waals surface area contributed by atoms with Crippen molar-refractivity contribution in [1.82, 2.24) is 0 Å². The van der Waals surface area contributed by atoms with Gasteiger partial charge in [-0.1, -0.05) is 78.1 Å². The van der Waals surface area contributed by atoms with Gasteiger partial charge < -0.3 is 0 Å². The summed E-state index contributed by atoms with van der Waals surface area (Å²) < 4.78 is 27.4. The Morgan fingerprint density at radius 2 is 1.17 bits per heavy atom. The molecule has 0 aromatic heterocycles. The van der Waals surface area contributed by atoms with Crippen LogP contribution in [0.3, 0.4) is 0 Å². The molecule has 0 radical (unpaired) electrons. The van der Waals surface area contributed by atoms with Crippen LogP contribution in [0.25, 0.3) is 11.1 Å². The number of hydrogen-bond acceptors (Lipinski definition) is 3. The second-order valence-corrected chi connectivity index (χ2v) is 10.3. The third kappa shape index (κ3) is 5.76. The molecule has 0 unspecified atom stereocenters. The normalized spacial score (nSPS) is 10.8. The fourth-order valence-corrected chi connectivity index (χ4v) is 5.57. The topological polar surface area (TPSA) is 17.1 Å². The van der Waals surface area contributed by atoms with Gasteiger partial charge in [-0.25, -0.2) is 8.78 Å². The van der Waals surface area contributed by atoms with Gasteiger partial charge in [0.15, 0.2) is 5.78 Å². The minimum atomic E-state index is -0.313. The molecule has 5 aromatic rings. The summed E-state index contributed by atoms with van der Waals surface area (Å²) >= 11 is 3.03. The number of carbonyl (C=O) groups is 1. The third-order valence-corrected chi connectivity index (χ3v) is 7.60. The van der Waals surface area contributed by atoms with Crippen molar-refractivity contribution in [3.8, 4) is 11.1 Å². The Morgan fingerprint density at radius 1 is 0.528 bits per heavy atom. The van der Waals surface area contributed by atoms with Crippen LogP contribution in [-0.4, -0.2) is 5.78 Å². The van der Waals surface area contributed by atoms with E-state index in [0.29, 0.717) is 11.1 Å². The first-order chi connectivity index (χ1) is 17.5. The monoisotopic (exact) mass is 510 g/mol. The Bertz CT molecular complexity index is 1500. The summed E-state index contributed by atoms with van der Waals surface area (Å²) in [4.78, 5) is 16.5. The van der Waals surface area contributed by atoms with Gasteiger partial charge in [0.05, 0.1) is 0 Å². The van der Waals surface area contributed by atoms with Crippen LogP contribution in [0, 0.1) is 11.6 Å². The fraction of sp³-hybridized carbons (Fsp3) is 0. The fourth-order valence-electron chi connectivity index (χ4n) is 3.74. The third-order valence-electron chi connectivity index (χ3n) is 5.52. The van der Waals surface area contributed by atoms with Crippen molar-refractivity contribution in [1.29, 1.82) is 0 Å². The van der Waals surface area contributed by atoms with E-state index < -0.39 is 0 Å². The lowest BCUT2D eigenvalue weighted by Crippen LogP contribution is -2.00. The van der Waals surface area contributed by atoms with E-state index in [1.165, 1.54) is 36.0 Å². The van der Waals surface area contributed by atoms with Crippen molar-refractivity contribution in [3.63, 3.8) is 0 Å². The van der Waals surface area contributed by atoms with E-state index in [-0.39, 0.29) is 17.4 Å². The minimum absolute atomic E-state index is 0.00862. The summed E-state index contributed by atoms with van der Waals surface area (Å²) in [5.74, 6) is -0.612. The smallest absolute Gasteiger partial charge is 0.193 e. The molecule has 36 heavy (non-hydrogen) atoms. The molecule has 0 spiro atoms. The Balaban J connectivity index is 1.36. The lowest BCUT2D eigenvalue weighted by molar-refractivity contribution is 0.103. The highest BCUT2D eigenvalue weighted by Crippen LogP contribution is 2.38. The predicted octanol–water partition coefficient (Wildman–Crippen LogP) is 9.17. The Labute approximate surface area is 217 Å². The summed E-state index contributed by atoms with van der Waals surface area (Å²) in [6.07, 6.45) is 0. The van der Waals surface area contributed by atoms with Crippen molar-refractivity contribution in [2.24, 2.45) is 0 Å². The molecule has 0 heterocycles. The van der Waals surface area contributed by atoms with Gasteiger partial charge in [0.2, 0.25) is 0 Å². The maximum atomic E-state index is 14.1. The van der Waals surface area contributed by atoms with Gasteiger partial charge in [-0.2, -0.15) is 0 Å². The van der Waals surface area contributed by atoms with Gasteiger partial charge in [0.25, 0.3) is 0 Å². The molecule has 0 N–H and O–H groups in total. The van der Waals surface area contributed by atoms with Crippen LogP contribution in [0.15, 0.2) is 141 Å². The van der Waals surface area contributed by atoms with E-state index in [0.717, 1.165) is 30.7 Å². The van der Waals surface area contributed by atoms with Gasteiger partial charge in [-0.15, -0.1) is 0 Å². The number of ketones is 1. The summed E-state index contributed by atoms with van der Waals surface area (Å²) in [6, 6.07) is 35.7. The SMILES string of the molecule is O=C(c1ccccc1)c1cccc(Sc2ccc(-c3cc(F)ccc3Sc3ccc(F)cc3)cc2)c1. The molecule has 0 aliphatic heterocycles. The van der Waals surface area contributed by atoms with Gasteiger partial charge in [-0.3, -0.25) is 4.79 Å². The van der Waals surface area contributed by atoms with Crippen LogP contribution in [0.2, 0.25) is 0 Å². The predicted molar refractivity (Wildman–Crippen MR) is 143 cm³/mol. The zero-order valence-electron chi connectivity index (χ0n) is 19.0. The number of rotatable bonds is 7. The molecule has 0 fully saturated rings. The molecule has 0 aliphatic carbocycles. The van der Waals surface area contributed by atoms with E-state index in [9.17, 15) is 13.6 Å². The molecule has 0 amide bonds. The molecule has 0 aliphatic rings. The van der Waals surface area contributed by atoms with Crippen LogP contribution in [0.5, 0.6) is 0 Å². The molecular weight excluding hydrogens is 490 g/mol. The summed E-state index contributed by atoms with van der Waals surface area (Å²) in [7, 11) is 0. The molecule has 1 nitrogen and oxygen atoms in total. The Kier molecular flexibility index (Phi) is 7.31. The Morgan fingerprint density at radius 3 is 1.92 bits per heavy atom. The van der Waals surface area contributed by atoms with Gasteiger partial charge >= 0.3 is 0 Å². The molecule has 176 valence electrons. The maximum Gasteiger partial charge on any atom is 0.193 e. The van der Waals surface area contributed by atoms with Crippen molar-refractivity contribution in [3.05, 3.63) is 144 Å². The largest absolute Gasteiger partial charge is 0.289 e. The molecule has 5 heteroatoms. The molecule has 0 atom stereocenters. The van der Waals surface area contributed by atoms with E-state index in [2.05, 4.69) is 0 Å². The van der Waals surface area contributed by atoms with E-state index in [4.69, 9.17) is 0 Å². The first kappa shape index (κ1) is 24.0. The number of benzene rings is 5. The van der Waals surface area contributed by atoms with E-state index in [1.54, 1.807) is 30.0 Å². The molecule has 0 saturated carbocycles. The lowest BCUT2D eigenvalue weighted by atomic mass is 10.0. The molecular formula is C31H20F2OS2. The maximum absolute atomic E-state index is 14.1. The van der Waals surface area contributed by atoms with Gasteiger partial charge in [0, 0.05) is 30.7 Å². The first-order valence-electron chi connectivity index (χ1n) is 11.3. The Hall–Kier alpha value is -3.67. The quantitative estimate of drug-likeness (QED) is 0.203. The lowest BCUT2D eigenvalue weighted by Gasteiger charge is -2.11. The summed E-state index contributed by atoms with van der Waals surface area (Å²) in [5.41, 5.74) is 2.96. The van der Waals surface area contributed by atoms with Crippen LogP contribution in [-0.2, 0) is 0 Å². The molecule has 5 aromatic carbocycles. The van der Waals surface area contributed by atoms with Crippen LogP contribution < -0.4 is 0 Å². The van der Waals surface area contributed by atoms with E-state index >= 15 is 0 Å². The highest BCUT2D eigenvalue weighted by atomic mass is 32.2. The second-order valence-electron chi connectivity index (χ2n) is 8.05. The van der Waals surface area contributed by atoms with Crippen LogP contribution in [0.4, 0.5) is 8.78 Å².